The number of hydrogen-bond donors (Lipinski definition) is 17. The van der Waals surface area contributed by atoms with E-state index in [1.807, 2.05) is 6.92 Å². The lowest BCUT2D eigenvalue weighted by Crippen LogP contribution is -2.54. The van der Waals surface area contributed by atoms with Crippen molar-refractivity contribution >= 4 is 106 Å². The minimum Gasteiger partial charge on any atom is -0.494 e. The Balaban J connectivity index is 0.00000116. The van der Waals surface area contributed by atoms with E-state index in [0.29, 0.717) is 115 Å². The molecule has 20 N–H and O–H groups in total. The third-order valence-corrected chi connectivity index (χ3v) is 23.6. The van der Waals surface area contributed by atoms with Crippen LogP contribution in [0.1, 0.15) is 344 Å². The molecule has 3 rings (SSSR count). The summed E-state index contributed by atoms with van der Waals surface area (Å²) in [7, 11) is 1.74. The van der Waals surface area contributed by atoms with Crippen molar-refractivity contribution in [3.63, 3.8) is 0 Å². The van der Waals surface area contributed by atoms with E-state index in [9.17, 15) is 107 Å². The van der Waals surface area contributed by atoms with Crippen molar-refractivity contribution in [3.05, 3.63) is 77.9 Å². The largest absolute Gasteiger partial charge is 0.494 e. The second-order valence-corrected chi connectivity index (χ2v) is 35.6. The Morgan fingerprint density at radius 1 is 0.387 bits per heavy atom. The monoisotopic (exact) mass is 1930 g/mol. The van der Waals surface area contributed by atoms with Crippen LogP contribution < -0.4 is 63.9 Å². The van der Waals surface area contributed by atoms with Crippen LogP contribution >= 0.6 is 0 Å². The number of H-pyrrole nitrogens is 1. The fourth-order valence-corrected chi connectivity index (χ4v) is 14.5. The zero-order chi connectivity index (χ0) is 102. The molecule has 0 fully saturated rings. The van der Waals surface area contributed by atoms with Gasteiger partial charge < -0.3 is 99.5 Å². The third kappa shape index (κ3) is 61.6. The van der Waals surface area contributed by atoms with Gasteiger partial charge in [-0.2, -0.15) is 0 Å². The molecule has 0 aliphatic carbocycles. The van der Waals surface area contributed by atoms with Crippen molar-refractivity contribution in [2.24, 2.45) is 35.0 Å². The van der Waals surface area contributed by atoms with Gasteiger partial charge >= 0.3 is 35.8 Å². The van der Waals surface area contributed by atoms with Gasteiger partial charge in [-0.1, -0.05) is 103 Å². The number of nitrogens with two attached hydrogens (primary N) is 3. The number of nitrogens with zero attached hydrogens (tertiary/aromatic N) is 1. The number of carbonyl (C=O) groups excluding carboxylic acids is 12. The lowest BCUT2D eigenvalue weighted by Gasteiger charge is -2.24. The highest BCUT2D eigenvalue weighted by Gasteiger charge is 2.31. The van der Waals surface area contributed by atoms with Crippen LogP contribution in [-0.2, 0) is 83.1 Å². The predicted molar refractivity (Wildman–Crippen MR) is 514 cm³/mol. The van der Waals surface area contributed by atoms with Gasteiger partial charge in [-0.3, -0.25) is 67.1 Å². The van der Waals surface area contributed by atoms with E-state index in [0.717, 1.165) is 134 Å². The van der Waals surface area contributed by atoms with Crippen molar-refractivity contribution in [1.29, 1.82) is 0 Å². The van der Waals surface area contributed by atoms with Crippen LogP contribution in [0.25, 0.3) is 0 Å². The molecule has 3 aromatic rings. The lowest BCUT2D eigenvalue weighted by atomic mass is 9.94. The number of aromatic amines is 1. The van der Waals surface area contributed by atoms with E-state index < -0.39 is 101 Å². The molecule has 9 atom stereocenters. The van der Waals surface area contributed by atoms with Crippen LogP contribution in [0.15, 0.2) is 61.1 Å². The number of aromatic carboxylic acids is 2. The number of ether oxygens (including phenoxy) is 2. The van der Waals surface area contributed by atoms with Gasteiger partial charge in [0.1, 0.15) is 52.5 Å². The summed E-state index contributed by atoms with van der Waals surface area (Å²) in [5, 5.41) is 75.1. The SMILES string of the molecule is CC(=O)C(C)(C)NC(=O)[C@@H](N)Cc1cnc[nH]1.CC[C@@H](CCCCNC(=O)[C@@H](N)CCCCNC(=O)CC[C@H](CC(=O)CC[C@H](NC(=O)CCCCCCCCCCOc1ccc(C(=O)O)cc1)C(=O)O)C(=O)O)C(C)=O.CN[C@@H](CCCCNC(=O)[C@@H](N)CCCCCC(=O)CC[C@H](NC(=O)CC[C@H](CC(=O)CCCCCCCCCCOc1ccc(C(=O)O)cc1)C(=O)O)C(=O)O)C(C)=O. The van der Waals surface area contributed by atoms with E-state index in [1.165, 1.54) is 37.5 Å². The zero-order valence-corrected chi connectivity index (χ0v) is 81.6. The summed E-state index contributed by atoms with van der Waals surface area (Å²) in [6.45, 7) is 12.2. The van der Waals surface area contributed by atoms with Gasteiger partial charge in [-0.15, -0.1) is 0 Å². The number of ketones is 6. The molecule has 2 aromatic carbocycles. The van der Waals surface area contributed by atoms with Gasteiger partial charge in [-0.25, -0.2) is 24.2 Å². The number of Topliss-reactive ketones (excluding diaryl/α,β-unsaturated/α-hetero) is 6. The Labute approximate surface area is 805 Å². The third-order valence-electron chi connectivity index (χ3n) is 23.6. The Kier molecular flexibility index (Phi) is 66.8. The Hall–Kier alpha value is -11.3. The minimum atomic E-state index is -1.31. The average Bonchev–Trinajstić information content (AvgIpc) is 1.73. The van der Waals surface area contributed by atoms with Crippen molar-refractivity contribution in [1.82, 2.24) is 47.2 Å². The number of amides is 6. The lowest BCUT2D eigenvalue weighted by molar-refractivity contribution is -0.145. The van der Waals surface area contributed by atoms with Gasteiger partial charge in [0.25, 0.3) is 0 Å². The molecule has 0 saturated carbocycles. The normalized spacial score (nSPS) is 13.0. The molecule has 0 saturated heterocycles. The number of hydrogen-bond acceptors (Lipinski definition) is 25. The Morgan fingerprint density at radius 2 is 0.774 bits per heavy atom. The highest BCUT2D eigenvalue weighted by Crippen LogP contribution is 2.23. The number of carboxylic acids is 6. The van der Waals surface area contributed by atoms with E-state index in [1.54, 1.807) is 65.2 Å². The summed E-state index contributed by atoms with van der Waals surface area (Å²) in [5.41, 5.74) is 18.0. The van der Waals surface area contributed by atoms with Gasteiger partial charge in [0.15, 0.2) is 5.78 Å². The molecule has 0 bridgehead atoms. The van der Waals surface area contributed by atoms with E-state index >= 15 is 0 Å². The van der Waals surface area contributed by atoms with Crippen LogP contribution in [0.2, 0.25) is 0 Å². The second-order valence-electron chi connectivity index (χ2n) is 35.6. The van der Waals surface area contributed by atoms with E-state index in [2.05, 4.69) is 47.2 Å². The van der Waals surface area contributed by atoms with Crippen LogP contribution in [0.5, 0.6) is 11.5 Å². The first-order valence-electron chi connectivity index (χ1n) is 48.7. The number of aromatic nitrogens is 2. The minimum absolute atomic E-state index is 0.0576. The Bertz CT molecular complexity index is 3910. The van der Waals surface area contributed by atoms with Gasteiger partial charge in [-0.05, 0) is 212 Å². The van der Waals surface area contributed by atoms with Crippen molar-refractivity contribution in [3.8, 4) is 11.5 Å². The highest BCUT2D eigenvalue weighted by atomic mass is 16.5. The van der Waals surface area contributed by atoms with Crippen LogP contribution in [0, 0.1) is 17.8 Å². The Morgan fingerprint density at radius 3 is 1.18 bits per heavy atom. The van der Waals surface area contributed by atoms with Gasteiger partial charge in [0, 0.05) is 102 Å². The van der Waals surface area contributed by atoms with Crippen LogP contribution in [-0.4, -0.2) is 228 Å². The molecule has 6 amide bonds. The molecule has 770 valence electrons. The molecule has 1 heterocycles. The maximum absolute atomic E-state index is 12.6. The summed E-state index contributed by atoms with van der Waals surface area (Å²) in [6, 6.07) is 7.77. The maximum atomic E-state index is 12.6. The predicted octanol–water partition coefficient (Wildman–Crippen LogP) is 10.7. The quantitative estimate of drug-likeness (QED) is 0.0233. The molecule has 0 aliphatic heterocycles. The molecule has 137 heavy (non-hydrogen) atoms. The topological polar surface area (TPSA) is 638 Å². The van der Waals surface area contributed by atoms with Crippen molar-refractivity contribution < 1.29 is 126 Å². The number of benzene rings is 2. The number of carboxylic acid groups (broad SMARTS) is 6. The zero-order valence-electron chi connectivity index (χ0n) is 81.6. The maximum Gasteiger partial charge on any atom is 0.335 e. The summed E-state index contributed by atoms with van der Waals surface area (Å²) in [5.74, 6) is -10.8. The number of rotatable bonds is 80. The summed E-state index contributed by atoms with van der Waals surface area (Å²) < 4.78 is 11.3. The second kappa shape index (κ2) is 73.9. The molecule has 38 heteroatoms. The molecule has 0 aliphatic rings. The van der Waals surface area contributed by atoms with Crippen LogP contribution in [0.4, 0.5) is 0 Å². The van der Waals surface area contributed by atoms with Gasteiger partial charge in [0.05, 0.1) is 72.2 Å². The first kappa shape index (κ1) is 124. The molecule has 38 nitrogen and oxygen atoms in total. The summed E-state index contributed by atoms with van der Waals surface area (Å²) in [6.07, 6.45) is 26.5. The number of imidazole rings is 1. The molecular weight excluding hydrogens is 1770 g/mol. The molecule has 0 radical (unpaired) electrons. The van der Waals surface area contributed by atoms with Crippen LogP contribution in [0.3, 0.4) is 0 Å². The first-order chi connectivity index (χ1) is 65.1. The van der Waals surface area contributed by atoms with E-state index in [-0.39, 0.29) is 159 Å². The highest BCUT2D eigenvalue weighted by molar-refractivity contribution is 5.93. The summed E-state index contributed by atoms with van der Waals surface area (Å²) in [4.78, 5) is 221. The number of carbonyl (C=O) groups is 18. The number of likely N-dealkylation sites (N-methyl/N-ethyl adjacent to an activating group) is 1. The number of unbranched alkanes of at least 4 members (excludes halogenated alkanes) is 19. The fourth-order valence-electron chi connectivity index (χ4n) is 14.5. The van der Waals surface area contributed by atoms with Crippen molar-refractivity contribution in [2.45, 2.75) is 366 Å². The average molecular weight is 1930 g/mol. The fraction of sp³-hybridized carbons (Fsp3) is 0.667. The number of nitrogens with one attached hydrogen (secondary N) is 8. The first-order valence-corrected chi connectivity index (χ1v) is 48.7. The number of aliphatic carboxylic acids is 4. The molecule has 1 aromatic heterocycles. The summed E-state index contributed by atoms with van der Waals surface area (Å²) >= 11 is 0. The van der Waals surface area contributed by atoms with E-state index in [4.69, 9.17) is 36.9 Å². The van der Waals surface area contributed by atoms with Gasteiger partial charge in [0.2, 0.25) is 35.4 Å². The molecule has 0 spiro atoms. The standard InChI is InChI=1S/2C44H70N4O12.C11H18N4O2/c1-31(49)38(46-2)19-13-14-28-47-41(53)37(45)18-12-9-11-16-34(50)23-26-39(44(58)59)48-40(52)27-22-33(43(56)57)30-35(51)17-10-7-5-3-4-6-8-15-29-60-36-24-20-32(21-25-36)42(54)55;1-3-32(31(2)49)16-11-13-28-47-41(53)37(45)17-12-14-27-46-39(51)26-21-34(43(56)57)30-35(50)22-25-38(44(58)59)48-40(52)18-10-8-6-4-5-7-9-15-29-60-36-23-19-33(20-24-36)42(54)55;1-7(16)11(2,3)15-10(17)9(12)4-8-5-13-6-14-8/h20-21,24-25,33,37-39,46H,3-19,22-23,26-30,45H2,1-2H3,(H,47,53)(H,48,52)(H,54,55)(H,56,57)(H,58,59);19-20,23-24,32,34,37-38H,3-18,21-22,25-30,45H2,1-2H3,(H,46,51)(H,47,53)(H,48,52)(H,54,55)(H,56,57)(H,58,59);5-6,9H,4,12H2,1-3H3,(H,13,14)(H,15,17)/t33-,37+,38+,39+;32-,34+,37-,38-;9-/m100/s1. The molecular formula is C99H158N12O26. The smallest absolute Gasteiger partial charge is 0.335 e. The molecule has 0 unspecified atom stereocenters. The van der Waals surface area contributed by atoms with Crippen molar-refractivity contribution in [2.75, 3.05) is 39.9 Å².